The van der Waals surface area contributed by atoms with Crippen LogP contribution < -0.4 is 5.32 Å². The van der Waals surface area contributed by atoms with E-state index in [1.165, 1.54) is 0 Å². The zero-order valence-corrected chi connectivity index (χ0v) is 11.5. The van der Waals surface area contributed by atoms with Crippen LogP contribution in [0.5, 0.6) is 0 Å². The summed E-state index contributed by atoms with van der Waals surface area (Å²) in [6, 6.07) is 5.73. The lowest BCUT2D eigenvalue weighted by atomic mass is 10.2. The fourth-order valence-corrected chi connectivity index (χ4v) is 1.82. The average molecular weight is 275 g/mol. The Morgan fingerprint density at radius 1 is 1.35 bits per heavy atom. The van der Waals surface area contributed by atoms with Crippen molar-refractivity contribution in [3.63, 3.8) is 0 Å². The van der Waals surface area contributed by atoms with Crippen molar-refractivity contribution in [1.29, 1.82) is 0 Å². The highest BCUT2D eigenvalue weighted by Crippen LogP contribution is 2.19. The number of hydrogen-bond acceptors (Lipinski definition) is 3. The van der Waals surface area contributed by atoms with E-state index in [-0.39, 0.29) is 24.8 Å². The molecule has 1 heterocycles. The molecule has 0 fully saturated rings. The topological polar surface area (TPSA) is 84.2 Å². The van der Waals surface area contributed by atoms with E-state index in [2.05, 4.69) is 10.4 Å². The molecule has 0 radical (unpaired) electrons. The van der Waals surface area contributed by atoms with Gasteiger partial charge >= 0.3 is 5.97 Å². The van der Waals surface area contributed by atoms with Gasteiger partial charge in [0.05, 0.1) is 11.9 Å². The standard InChI is InChI=1S/C14H17N3O3/c1-9(2)17-8-10-3-4-11(7-12(10)16-17)15-13(18)5-6-14(19)20/h3-4,7-9H,5-6H2,1-2H3,(H,15,18)(H,19,20). The van der Waals surface area contributed by atoms with Crippen molar-refractivity contribution < 1.29 is 14.7 Å². The van der Waals surface area contributed by atoms with Crippen LogP contribution in [0.2, 0.25) is 0 Å². The van der Waals surface area contributed by atoms with Crippen molar-refractivity contribution in [2.75, 3.05) is 5.32 Å². The molecule has 0 atom stereocenters. The van der Waals surface area contributed by atoms with Gasteiger partial charge in [0.15, 0.2) is 0 Å². The largest absolute Gasteiger partial charge is 0.481 e. The van der Waals surface area contributed by atoms with Gasteiger partial charge in [-0.1, -0.05) is 0 Å². The second kappa shape index (κ2) is 5.73. The van der Waals surface area contributed by atoms with Crippen LogP contribution in [-0.4, -0.2) is 26.8 Å². The lowest BCUT2D eigenvalue weighted by Gasteiger charge is -2.03. The number of aromatic nitrogens is 2. The van der Waals surface area contributed by atoms with E-state index >= 15 is 0 Å². The Kier molecular flexibility index (Phi) is 4.02. The Morgan fingerprint density at radius 2 is 2.10 bits per heavy atom. The van der Waals surface area contributed by atoms with Crippen molar-refractivity contribution in [2.45, 2.75) is 32.7 Å². The minimum absolute atomic E-state index is 0.0339. The predicted octanol–water partition coefficient (Wildman–Crippen LogP) is 2.42. The van der Waals surface area contributed by atoms with Gasteiger partial charge in [-0.15, -0.1) is 0 Å². The van der Waals surface area contributed by atoms with Crippen molar-refractivity contribution >= 4 is 28.5 Å². The number of benzene rings is 1. The molecule has 0 aliphatic rings. The molecule has 0 saturated carbocycles. The van der Waals surface area contributed by atoms with Gasteiger partial charge in [-0.2, -0.15) is 5.10 Å². The first-order chi connectivity index (χ1) is 9.45. The second-order valence-corrected chi connectivity index (χ2v) is 4.92. The van der Waals surface area contributed by atoms with E-state index in [0.29, 0.717) is 5.69 Å². The van der Waals surface area contributed by atoms with Crippen LogP contribution >= 0.6 is 0 Å². The van der Waals surface area contributed by atoms with Crippen molar-refractivity contribution in [2.24, 2.45) is 0 Å². The summed E-state index contributed by atoms with van der Waals surface area (Å²) >= 11 is 0. The van der Waals surface area contributed by atoms with Gasteiger partial charge < -0.3 is 10.4 Å². The molecular weight excluding hydrogens is 258 g/mol. The maximum absolute atomic E-state index is 11.6. The highest BCUT2D eigenvalue weighted by Gasteiger charge is 2.08. The van der Waals surface area contributed by atoms with E-state index in [1.54, 1.807) is 12.1 Å². The smallest absolute Gasteiger partial charge is 0.303 e. The SMILES string of the molecule is CC(C)n1cc2ccc(NC(=O)CCC(=O)O)cc2n1. The summed E-state index contributed by atoms with van der Waals surface area (Å²) in [7, 11) is 0. The van der Waals surface area contributed by atoms with Crippen molar-refractivity contribution in [3.8, 4) is 0 Å². The van der Waals surface area contributed by atoms with Gasteiger partial charge in [-0.25, -0.2) is 0 Å². The van der Waals surface area contributed by atoms with Crippen LogP contribution in [0, 0.1) is 0 Å². The predicted molar refractivity (Wildman–Crippen MR) is 75.6 cm³/mol. The molecule has 2 aromatic rings. The number of nitrogens with one attached hydrogen (secondary N) is 1. The van der Waals surface area contributed by atoms with E-state index in [9.17, 15) is 9.59 Å². The molecule has 106 valence electrons. The maximum Gasteiger partial charge on any atom is 0.303 e. The summed E-state index contributed by atoms with van der Waals surface area (Å²) in [6.45, 7) is 4.08. The number of fused-ring (bicyclic) bond motifs is 1. The van der Waals surface area contributed by atoms with E-state index in [0.717, 1.165) is 10.9 Å². The minimum atomic E-state index is -0.980. The third-order valence-corrected chi connectivity index (χ3v) is 2.90. The maximum atomic E-state index is 11.6. The van der Waals surface area contributed by atoms with Crippen LogP contribution in [0.15, 0.2) is 24.4 Å². The summed E-state index contributed by atoms with van der Waals surface area (Å²) in [4.78, 5) is 22.0. The van der Waals surface area contributed by atoms with E-state index in [4.69, 9.17) is 5.11 Å². The number of rotatable bonds is 5. The summed E-state index contributed by atoms with van der Waals surface area (Å²) in [6.07, 6.45) is 1.75. The molecule has 20 heavy (non-hydrogen) atoms. The Labute approximate surface area is 116 Å². The first-order valence-corrected chi connectivity index (χ1v) is 6.46. The number of carboxylic acid groups (broad SMARTS) is 1. The monoisotopic (exact) mass is 275 g/mol. The Morgan fingerprint density at radius 3 is 2.75 bits per heavy atom. The fraction of sp³-hybridized carbons (Fsp3) is 0.357. The molecule has 6 nitrogen and oxygen atoms in total. The summed E-state index contributed by atoms with van der Waals surface area (Å²) in [5.74, 6) is -1.29. The van der Waals surface area contributed by atoms with E-state index < -0.39 is 5.97 Å². The summed E-state index contributed by atoms with van der Waals surface area (Å²) < 4.78 is 1.86. The molecule has 0 bridgehead atoms. The van der Waals surface area contributed by atoms with Crippen LogP contribution in [0.3, 0.4) is 0 Å². The minimum Gasteiger partial charge on any atom is -0.481 e. The Hall–Kier alpha value is -2.37. The lowest BCUT2D eigenvalue weighted by molar-refractivity contribution is -0.138. The molecule has 2 rings (SSSR count). The number of carbonyl (C=O) groups is 2. The highest BCUT2D eigenvalue weighted by atomic mass is 16.4. The van der Waals surface area contributed by atoms with Gasteiger partial charge in [0.2, 0.25) is 5.91 Å². The number of carboxylic acids is 1. The number of aliphatic carboxylic acids is 1. The molecule has 0 saturated heterocycles. The lowest BCUT2D eigenvalue weighted by Crippen LogP contribution is -2.13. The first-order valence-electron chi connectivity index (χ1n) is 6.46. The normalized spacial score (nSPS) is 10.9. The average Bonchev–Trinajstić information content (AvgIpc) is 2.79. The van der Waals surface area contributed by atoms with E-state index in [1.807, 2.05) is 30.8 Å². The van der Waals surface area contributed by atoms with Crippen LogP contribution in [0.1, 0.15) is 32.7 Å². The summed E-state index contributed by atoms with van der Waals surface area (Å²) in [5, 5.41) is 16.6. The summed E-state index contributed by atoms with van der Waals surface area (Å²) in [5.41, 5.74) is 1.43. The zero-order valence-electron chi connectivity index (χ0n) is 11.5. The second-order valence-electron chi connectivity index (χ2n) is 4.92. The zero-order chi connectivity index (χ0) is 14.7. The molecule has 6 heteroatoms. The molecule has 0 aliphatic carbocycles. The fourth-order valence-electron chi connectivity index (χ4n) is 1.82. The molecular formula is C14H17N3O3. The molecule has 2 N–H and O–H groups in total. The first kappa shape index (κ1) is 14.0. The number of carbonyl (C=O) groups excluding carboxylic acids is 1. The third-order valence-electron chi connectivity index (χ3n) is 2.90. The quantitative estimate of drug-likeness (QED) is 0.877. The third kappa shape index (κ3) is 3.34. The Bertz CT molecular complexity index is 646. The van der Waals surface area contributed by atoms with Crippen molar-refractivity contribution in [1.82, 2.24) is 9.78 Å². The molecule has 0 spiro atoms. The van der Waals surface area contributed by atoms with Gasteiger partial charge in [0.1, 0.15) is 0 Å². The van der Waals surface area contributed by atoms with Gasteiger partial charge in [0, 0.05) is 29.7 Å². The molecule has 1 aromatic heterocycles. The van der Waals surface area contributed by atoms with Crippen LogP contribution in [0.25, 0.3) is 10.9 Å². The van der Waals surface area contributed by atoms with Crippen LogP contribution in [0.4, 0.5) is 5.69 Å². The van der Waals surface area contributed by atoms with Gasteiger partial charge in [-0.3, -0.25) is 14.3 Å². The molecule has 0 unspecified atom stereocenters. The number of hydrogen-bond donors (Lipinski definition) is 2. The van der Waals surface area contributed by atoms with Crippen LogP contribution in [-0.2, 0) is 9.59 Å². The number of amides is 1. The molecule has 0 aliphatic heterocycles. The molecule has 1 aromatic carbocycles. The number of anilines is 1. The highest BCUT2D eigenvalue weighted by molar-refractivity contribution is 5.94. The van der Waals surface area contributed by atoms with Gasteiger partial charge in [-0.05, 0) is 32.0 Å². The van der Waals surface area contributed by atoms with Gasteiger partial charge in [0.25, 0.3) is 0 Å². The number of nitrogens with zero attached hydrogens (tertiary/aromatic N) is 2. The Balaban J connectivity index is 2.11. The molecule has 1 amide bonds. The van der Waals surface area contributed by atoms with Crippen molar-refractivity contribution in [3.05, 3.63) is 24.4 Å².